The molecule has 0 radical (unpaired) electrons. The van der Waals surface area contributed by atoms with Crippen LogP contribution >= 0.6 is 12.4 Å². The van der Waals surface area contributed by atoms with Crippen LogP contribution in [0, 0.1) is 0 Å². The average molecular weight is 180 g/mol. The monoisotopic (exact) mass is 179 g/mol. The van der Waals surface area contributed by atoms with Gasteiger partial charge in [0, 0.05) is 0 Å². The van der Waals surface area contributed by atoms with Crippen molar-refractivity contribution in [3.05, 3.63) is 0 Å². The van der Waals surface area contributed by atoms with Crippen LogP contribution in [-0.4, -0.2) is 18.9 Å². The van der Waals surface area contributed by atoms with E-state index in [0.29, 0.717) is 0 Å². The summed E-state index contributed by atoms with van der Waals surface area (Å²) in [5.41, 5.74) is 0. The van der Waals surface area contributed by atoms with E-state index >= 15 is 0 Å². The van der Waals surface area contributed by atoms with Gasteiger partial charge in [-0.15, -0.1) is 12.4 Å². The third kappa shape index (κ3) is 17.8. The van der Waals surface area contributed by atoms with Crippen molar-refractivity contribution < 1.29 is 4.79 Å². The Morgan fingerprint density at radius 1 is 1.09 bits per heavy atom. The zero-order valence-corrected chi connectivity index (χ0v) is 8.17. The molecule has 0 atom stereocenters. The van der Waals surface area contributed by atoms with Crippen LogP contribution in [0.4, 0.5) is 0 Å². The first-order chi connectivity index (χ1) is 4.73. The summed E-state index contributed by atoms with van der Waals surface area (Å²) in [5.74, 6) is 0.167. The summed E-state index contributed by atoms with van der Waals surface area (Å²) in [6.45, 7) is 5.56. The summed E-state index contributed by atoms with van der Waals surface area (Å²) in [5, 5.41) is 3.28. The topological polar surface area (TPSA) is 29.1 Å². The molecule has 0 amide bonds. The van der Waals surface area contributed by atoms with Crippen molar-refractivity contribution in [2.24, 2.45) is 0 Å². The Morgan fingerprint density at radius 2 is 1.45 bits per heavy atom. The van der Waals surface area contributed by atoms with Gasteiger partial charge in [0.05, 0.1) is 0 Å². The number of halogens is 1. The van der Waals surface area contributed by atoms with Gasteiger partial charge in [0.15, 0.2) is 0 Å². The average Bonchev–Trinajstić information content (AvgIpc) is 1.90. The predicted octanol–water partition coefficient (Wildman–Crippen LogP) is 1.78. The van der Waals surface area contributed by atoms with Gasteiger partial charge in [-0.3, -0.25) is 0 Å². The zero-order chi connectivity index (χ0) is 7.82. The van der Waals surface area contributed by atoms with Crippen molar-refractivity contribution in [2.75, 3.05) is 13.1 Å². The molecule has 1 rings (SSSR count). The normalized spacial score (nSPS) is 15.5. The lowest BCUT2D eigenvalue weighted by Gasteiger charge is -2.08. The van der Waals surface area contributed by atoms with Gasteiger partial charge < -0.3 is 10.1 Å². The number of Topliss-reactive ketones (excluding diaryl/α,β-unsaturated/α-hetero) is 1. The lowest BCUT2D eigenvalue weighted by Crippen LogP contribution is -2.21. The third-order valence-corrected chi connectivity index (χ3v) is 1.21. The number of carbonyl (C=O) groups excluding carboxylic acids is 1. The molecule has 0 bridgehead atoms. The minimum atomic E-state index is 0. The molecule has 3 heteroatoms. The third-order valence-electron chi connectivity index (χ3n) is 1.21. The quantitative estimate of drug-likeness (QED) is 0.614. The second-order valence-corrected chi connectivity index (χ2v) is 2.72. The predicted molar refractivity (Wildman–Crippen MR) is 50.3 cm³/mol. The highest BCUT2D eigenvalue weighted by atomic mass is 35.5. The van der Waals surface area contributed by atoms with Crippen LogP contribution in [0.1, 0.15) is 33.1 Å². The van der Waals surface area contributed by atoms with Gasteiger partial charge >= 0.3 is 0 Å². The maximum Gasteiger partial charge on any atom is 0.126 e. The van der Waals surface area contributed by atoms with Crippen molar-refractivity contribution in [1.82, 2.24) is 5.32 Å². The minimum Gasteiger partial charge on any atom is -0.317 e. The Kier molecular flexibility index (Phi) is 12.2. The standard InChI is InChI=1S/C5H11N.C3H6O.ClH/c1-2-4-6-5-3-1;1-3(2)4;/h6H,1-5H2;1-2H3;1H. The first kappa shape index (κ1) is 13.5. The second-order valence-electron chi connectivity index (χ2n) is 2.72. The highest BCUT2D eigenvalue weighted by Gasteiger charge is 1.93. The molecule has 0 saturated carbocycles. The molecule has 68 valence electrons. The molecule has 0 aromatic rings. The zero-order valence-electron chi connectivity index (χ0n) is 7.35. The largest absolute Gasteiger partial charge is 0.317 e. The van der Waals surface area contributed by atoms with E-state index in [1.807, 2.05) is 0 Å². The van der Waals surface area contributed by atoms with Crippen LogP contribution in [0.2, 0.25) is 0 Å². The van der Waals surface area contributed by atoms with Crippen molar-refractivity contribution in [3.63, 3.8) is 0 Å². The number of hydrogen-bond acceptors (Lipinski definition) is 2. The fourth-order valence-corrected chi connectivity index (χ4v) is 0.802. The molecular weight excluding hydrogens is 162 g/mol. The number of rotatable bonds is 0. The smallest absolute Gasteiger partial charge is 0.126 e. The van der Waals surface area contributed by atoms with Crippen LogP contribution in [0.3, 0.4) is 0 Å². The number of nitrogens with one attached hydrogen (secondary N) is 1. The summed E-state index contributed by atoms with van der Waals surface area (Å²) >= 11 is 0. The molecule has 11 heavy (non-hydrogen) atoms. The molecule has 2 nitrogen and oxygen atoms in total. The van der Waals surface area contributed by atoms with E-state index in [0.717, 1.165) is 0 Å². The summed E-state index contributed by atoms with van der Waals surface area (Å²) in [4.78, 5) is 9.44. The summed E-state index contributed by atoms with van der Waals surface area (Å²) in [6, 6.07) is 0. The lowest BCUT2D eigenvalue weighted by atomic mass is 10.2. The van der Waals surface area contributed by atoms with Gasteiger partial charge in [-0.25, -0.2) is 0 Å². The lowest BCUT2D eigenvalue weighted by molar-refractivity contribution is -0.114. The van der Waals surface area contributed by atoms with E-state index in [4.69, 9.17) is 0 Å². The Morgan fingerprint density at radius 3 is 1.55 bits per heavy atom. The van der Waals surface area contributed by atoms with E-state index in [2.05, 4.69) is 5.32 Å². The summed E-state index contributed by atoms with van der Waals surface area (Å²) in [7, 11) is 0. The Hall–Kier alpha value is -0.0800. The molecule has 0 aromatic heterocycles. The first-order valence-corrected chi connectivity index (χ1v) is 3.91. The fraction of sp³-hybridized carbons (Fsp3) is 0.875. The number of piperidine rings is 1. The molecule has 0 spiro atoms. The van der Waals surface area contributed by atoms with E-state index in [-0.39, 0.29) is 18.2 Å². The van der Waals surface area contributed by atoms with E-state index in [9.17, 15) is 4.79 Å². The molecule has 1 aliphatic heterocycles. The van der Waals surface area contributed by atoms with Crippen LogP contribution in [0.5, 0.6) is 0 Å². The number of carbonyl (C=O) groups is 1. The molecule has 0 aromatic carbocycles. The van der Waals surface area contributed by atoms with Crippen molar-refractivity contribution >= 4 is 18.2 Å². The molecule has 1 aliphatic rings. The molecule has 0 unspecified atom stereocenters. The summed E-state index contributed by atoms with van der Waals surface area (Å²) in [6.07, 6.45) is 4.22. The van der Waals surface area contributed by atoms with Gasteiger partial charge in [-0.1, -0.05) is 6.42 Å². The van der Waals surface area contributed by atoms with E-state index in [1.165, 1.54) is 46.2 Å². The number of hydrogen-bond donors (Lipinski definition) is 1. The van der Waals surface area contributed by atoms with Crippen LogP contribution in [0.25, 0.3) is 0 Å². The Balaban J connectivity index is 0. The van der Waals surface area contributed by atoms with Crippen molar-refractivity contribution in [3.8, 4) is 0 Å². The second kappa shape index (κ2) is 9.92. The van der Waals surface area contributed by atoms with Gasteiger partial charge in [0.25, 0.3) is 0 Å². The molecule has 1 saturated heterocycles. The van der Waals surface area contributed by atoms with Crippen molar-refractivity contribution in [2.45, 2.75) is 33.1 Å². The van der Waals surface area contributed by atoms with Gasteiger partial charge in [-0.05, 0) is 39.8 Å². The maximum absolute atomic E-state index is 9.44. The Labute approximate surface area is 75.2 Å². The van der Waals surface area contributed by atoms with Crippen molar-refractivity contribution in [1.29, 1.82) is 0 Å². The SMILES string of the molecule is C1CCNCC1.CC(C)=O.Cl. The van der Waals surface area contributed by atoms with Gasteiger partial charge in [0.2, 0.25) is 0 Å². The molecule has 1 heterocycles. The Bertz CT molecular complexity index is 76.6. The first-order valence-electron chi connectivity index (χ1n) is 3.91. The maximum atomic E-state index is 9.44. The highest BCUT2D eigenvalue weighted by Crippen LogP contribution is 1.96. The van der Waals surface area contributed by atoms with Gasteiger partial charge in [-0.2, -0.15) is 0 Å². The van der Waals surface area contributed by atoms with Crippen LogP contribution in [-0.2, 0) is 4.79 Å². The summed E-state index contributed by atoms with van der Waals surface area (Å²) < 4.78 is 0. The van der Waals surface area contributed by atoms with Crippen LogP contribution in [0.15, 0.2) is 0 Å². The van der Waals surface area contributed by atoms with Crippen LogP contribution < -0.4 is 5.32 Å². The van der Waals surface area contributed by atoms with E-state index < -0.39 is 0 Å². The molecular formula is C8H18ClNO. The minimum absolute atomic E-state index is 0. The fourth-order valence-electron chi connectivity index (χ4n) is 0.802. The van der Waals surface area contributed by atoms with Gasteiger partial charge in [0.1, 0.15) is 5.78 Å². The molecule has 1 fully saturated rings. The highest BCUT2D eigenvalue weighted by molar-refractivity contribution is 5.85. The number of ketones is 1. The molecule has 1 N–H and O–H groups in total. The molecule has 0 aliphatic carbocycles. The van der Waals surface area contributed by atoms with E-state index in [1.54, 1.807) is 0 Å².